The van der Waals surface area contributed by atoms with E-state index >= 15 is 0 Å². The Labute approximate surface area is 156 Å². The minimum absolute atomic E-state index is 0.304. The van der Waals surface area contributed by atoms with Crippen LogP contribution in [-0.2, 0) is 4.79 Å². The van der Waals surface area contributed by atoms with Crippen LogP contribution in [0.1, 0.15) is 46.0 Å². The molecule has 1 amide bonds. The number of rotatable bonds is 4. The van der Waals surface area contributed by atoms with Gasteiger partial charge in [0.1, 0.15) is 0 Å². The molecule has 3 rings (SSSR count). The molecule has 5 heteroatoms. The monoisotopic (exact) mass is 361 g/mol. The molecule has 1 spiro atoms. The number of allylic oxidation sites excluding steroid dienone is 4. The van der Waals surface area contributed by atoms with Crippen LogP contribution in [0.2, 0.25) is 0 Å². The minimum Gasteiger partial charge on any atom is -0.365 e. The zero-order chi connectivity index (χ0) is 17.9. The second-order valence-electron chi connectivity index (χ2n) is 7.57. The van der Waals surface area contributed by atoms with Crippen LogP contribution in [0.5, 0.6) is 0 Å². The van der Waals surface area contributed by atoms with Crippen LogP contribution >= 0.6 is 11.8 Å². The van der Waals surface area contributed by atoms with Crippen molar-refractivity contribution in [2.24, 2.45) is 0 Å². The van der Waals surface area contributed by atoms with E-state index in [1.807, 2.05) is 24.8 Å². The van der Waals surface area contributed by atoms with Gasteiger partial charge in [-0.15, -0.1) is 11.8 Å². The Morgan fingerprint density at radius 3 is 2.92 bits per heavy atom. The lowest BCUT2D eigenvalue weighted by Gasteiger charge is -2.36. The fourth-order valence-electron chi connectivity index (χ4n) is 3.93. The molecular weight excluding hydrogens is 330 g/mol. The zero-order valence-corrected chi connectivity index (χ0v) is 16.6. The third kappa shape index (κ3) is 4.50. The zero-order valence-electron chi connectivity index (χ0n) is 15.8. The Balaban J connectivity index is 1.49. The maximum atomic E-state index is 12.8. The first-order valence-corrected chi connectivity index (χ1v) is 10.3. The highest BCUT2D eigenvalue weighted by Gasteiger charge is 2.45. The van der Waals surface area contributed by atoms with Gasteiger partial charge < -0.3 is 15.1 Å². The molecule has 0 radical (unpaired) electrons. The van der Waals surface area contributed by atoms with Gasteiger partial charge in [-0.05, 0) is 64.9 Å². The largest absolute Gasteiger partial charge is 0.365 e. The van der Waals surface area contributed by atoms with Gasteiger partial charge in [0.15, 0.2) is 0 Å². The fourth-order valence-corrected chi connectivity index (χ4v) is 5.60. The van der Waals surface area contributed by atoms with E-state index in [2.05, 4.69) is 47.4 Å². The molecule has 1 N–H and O–H groups in total. The highest BCUT2D eigenvalue weighted by molar-refractivity contribution is 8.01. The summed E-state index contributed by atoms with van der Waals surface area (Å²) in [5.41, 5.74) is 2.55. The van der Waals surface area contributed by atoms with Gasteiger partial charge in [0.05, 0.1) is 5.37 Å². The number of carbonyl (C=O) groups excluding carboxylic acids is 1. The van der Waals surface area contributed by atoms with Gasteiger partial charge in [-0.25, -0.2) is 0 Å². The maximum Gasteiger partial charge on any atom is 0.223 e. The average molecular weight is 362 g/mol. The number of carbonyl (C=O) groups is 1. The molecule has 3 aliphatic rings. The second-order valence-corrected chi connectivity index (χ2v) is 9.35. The summed E-state index contributed by atoms with van der Waals surface area (Å²) >= 11 is 2.03. The summed E-state index contributed by atoms with van der Waals surface area (Å²) in [7, 11) is 2.20. The molecule has 0 aromatic rings. The Morgan fingerprint density at radius 2 is 2.20 bits per heavy atom. The van der Waals surface area contributed by atoms with E-state index in [9.17, 15) is 4.79 Å². The lowest BCUT2D eigenvalue weighted by molar-refractivity contribution is -0.131. The van der Waals surface area contributed by atoms with E-state index in [4.69, 9.17) is 0 Å². The van der Waals surface area contributed by atoms with E-state index in [0.717, 1.165) is 32.5 Å². The SMILES string of the molecule is C/C=C\C=C1/CC(CCC(=O)N2CC3(CCN(C)CC3)SC2C)=CN1. The number of nitrogens with zero attached hydrogens (tertiary/aromatic N) is 2. The van der Waals surface area contributed by atoms with E-state index < -0.39 is 0 Å². The Morgan fingerprint density at radius 1 is 1.44 bits per heavy atom. The molecule has 2 saturated heterocycles. The first-order chi connectivity index (χ1) is 12.0. The minimum atomic E-state index is 0.304. The molecule has 3 aliphatic heterocycles. The highest BCUT2D eigenvalue weighted by Crippen LogP contribution is 2.46. The van der Waals surface area contributed by atoms with Crippen LogP contribution in [0.15, 0.2) is 35.7 Å². The molecule has 25 heavy (non-hydrogen) atoms. The number of hydrogen-bond acceptors (Lipinski definition) is 4. The van der Waals surface area contributed by atoms with Crippen LogP contribution in [0.25, 0.3) is 0 Å². The maximum absolute atomic E-state index is 12.8. The Kier molecular flexibility index (Phi) is 5.95. The van der Waals surface area contributed by atoms with Gasteiger partial charge in [-0.3, -0.25) is 4.79 Å². The molecule has 1 unspecified atom stereocenters. The third-order valence-electron chi connectivity index (χ3n) is 5.57. The molecule has 2 fully saturated rings. The van der Waals surface area contributed by atoms with E-state index in [-0.39, 0.29) is 0 Å². The number of nitrogens with one attached hydrogen (secondary N) is 1. The molecule has 0 saturated carbocycles. The highest BCUT2D eigenvalue weighted by atomic mass is 32.2. The van der Waals surface area contributed by atoms with Crippen molar-refractivity contribution in [2.75, 3.05) is 26.7 Å². The van der Waals surface area contributed by atoms with Crippen molar-refractivity contribution in [2.45, 2.75) is 56.1 Å². The topological polar surface area (TPSA) is 35.6 Å². The summed E-state index contributed by atoms with van der Waals surface area (Å²) in [6, 6.07) is 0. The van der Waals surface area contributed by atoms with Crippen LogP contribution in [0, 0.1) is 0 Å². The first-order valence-electron chi connectivity index (χ1n) is 9.43. The molecular formula is C20H31N3OS. The molecule has 0 bridgehead atoms. The van der Waals surface area contributed by atoms with Crippen LogP contribution < -0.4 is 5.32 Å². The summed E-state index contributed by atoms with van der Waals surface area (Å²) < 4.78 is 0.304. The smallest absolute Gasteiger partial charge is 0.223 e. The van der Waals surface area contributed by atoms with E-state index in [0.29, 0.717) is 22.4 Å². The number of piperidine rings is 1. The third-order valence-corrected chi connectivity index (χ3v) is 7.20. The van der Waals surface area contributed by atoms with Gasteiger partial charge in [0.25, 0.3) is 0 Å². The molecule has 0 aromatic heterocycles. The van der Waals surface area contributed by atoms with Gasteiger partial charge >= 0.3 is 0 Å². The predicted octanol–water partition coefficient (Wildman–Crippen LogP) is 3.49. The molecule has 4 nitrogen and oxygen atoms in total. The van der Waals surface area contributed by atoms with Crippen molar-refractivity contribution in [3.8, 4) is 0 Å². The fraction of sp³-hybridized carbons (Fsp3) is 0.650. The van der Waals surface area contributed by atoms with Crippen molar-refractivity contribution in [3.05, 3.63) is 35.7 Å². The predicted molar refractivity (Wildman–Crippen MR) is 106 cm³/mol. The Hall–Kier alpha value is -1.20. The molecule has 0 aromatic carbocycles. The number of thioether (sulfide) groups is 1. The standard InChI is InChI=1S/C20H31N3OS/c1-4-5-6-18-13-17(14-21-18)7-8-19(24)23-15-20(25-16(23)2)9-11-22(3)12-10-20/h4-6,14,16,21H,7-13,15H2,1-3H3/b5-4-,18-6+. The quantitative estimate of drug-likeness (QED) is 0.831. The number of amides is 1. The molecule has 138 valence electrons. The molecule has 3 heterocycles. The van der Waals surface area contributed by atoms with Gasteiger partial charge in [0.2, 0.25) is 5.91 Å². The summed E-state index contributed by atoms with van der Waals surface area (Å²) in [6.45, 7) is 7.47. The number of likely N-dealkylation sites (tertiary alicyclic amines) is 1. The average Bonchev–Trinajstić information content (AvgIpc) is 3.18. The molecule has 0 aliphatic carbocycles. The Bertz CT molecular complexity index is 588. The number of hydrogen-bond donors (Lipinski definition) is 1. The summed E-state index contributed by atoms with van der Waals surface area (Å²) in [5.74, 6) is 0.322. The van der Waals surface area contributed by atoms with E-state index in [1.54, 1.807) is 0 Å². The second kappa shape index (κ2) is 8.00. The summed E-state index contributed by atoms with van der Waals surface area (Å²) in [5, 5.41) is 3.62. The van der Waals surface area contributed by atoms with Crippen molar-refractivity contribution >= 4 is 17.7 Å². The lowest BCUT2D eigenvalue weighted by Crippen LogP contribution is -2.44. The summed E-state index contributed by atoms with van der Waals surface area (Å²) in [4.78, 5) is 17.3. The van der Waals surface area contributed by atoms with Crippen molar-refractivity contribution in [1.29, 1.82) is 0 Å². The van der Waals surface area contributed by atoms with Crippen LogP contribution in [0.4, 0.5) is 0 Å². The first kappa shape index (κ1) is 18.6. The normalized spacial score (nSPS) is 28.1. The molecule has 1 atom stereocenters. The van der Waals surface area contributed by atoms with E-state index in [1.165, 1.54) is 24.1 Å². The van der Waals surface area contributed by atoms with Crippen molar-refractivity contribution < 1.29 is 4.79 Å². The van der Waals surface area contributed by atoms with Gasteiger partial charge in [0, 0.05) is 36.0 Å². The van der Waals surface area contributed by atoms with Crippen molar-refractivity contribution in [3.63, 3.8) is 0 Å². The van der Waals surface area contributed by atoms with Crippen molar-refractivity contribution in [1.82, 2.24) is 15.1 Å². The van der Waals surface area contributed by atoms with Gasteiger partial charge in [-0.1, -0.05) is 12.2 Å². The summed E-state index contributed by atoms with van der Waals surface area (Å²) in [6.07, 6.45) is 13.1. The van der Waals surface area contributed by atoms with Crippen LogP contribution in [0.3, 0.4) is 0 Å². The van der Waals surface area contributed by atoms with Crippen LogP contribution in [-0.4, -0.2) is 52.5 Å². The van der Waals surface area contributed by atoms with Gasteiger partial charge in [-0.2, -0.15) is 0 Å². The lowest BCUT2D eigenvalue weighted by atomic mass is 9.95.